The van der Waals surface area contributed by atoms with Crippen molar-refractivity contribution >= 4 is 35.1 Å². The third-order valence-corrected chi connectivity index (χ3v) is 4.33. The van der Waals surface area contributed by atoms with Crippen molar-refractivity contribution in [3.63, 3.8) is 0 Å². The number of carbonyl (C=O) groups is 2. The van der Waals surface area contributed by atoms with Gasteiger partial charge in [-0.05, 0) is 17.5 Å². The molecule has 0 saturated carbocycles. The quantitative estimate of drug-likeness (QED) is 0.642. The maximum Gasteiger partial charge on any atom is 0.416 e. The van der Waals surface area contributed by atoms with Gasteiger partial charge in [-0.15, -0.1) is 23.2 Å². The number of rotatable bonds is 6. The molecule has 0 aliphatic carbocycles. The Morgan fingerprint density at radius 3 is 2.12 bits per heavy atom. The van der Waals surface area contributed by atoms with Crippen molar-refractivity contribution in [2.45, 2.75) is 43.6 Å². The Morgan fingerprint density at radius 2 is 1.76 bits per heavy atom. The smallest absolute Gasteiger partial charge is 0.416 e. The molecule has 0 spiro atoms. The molecular weight excluding hydrogens is 384 g/mol. The van der Waals surface area contributed by atoms with Crippen LogP contribution in [-0.2, 0) is 15.8 Å². The molecule has 1 rings (SSSR count). The van der Waals surface area contributed by atoms with Crippen molar-refractivity contribution < 1.29 is 33.0 Å². The number of benzene rings is 1. The van der Waals surface area contributed by atoms with Crippen molar-refractivity contribution in [2.24, 2.45) is 5.92 Å². The van der Waals surface area contributed by atoms with Gasteiger partial charge in [0.1, 0.15) is 5.38 Å². The molecule has 25 heavy (non-hydrogen) atoms. The molecule has 0 heterocycles. The maximum atomic E-state index is 12.3. The molecular formula is C16H19Cl2F3O4. The van der Waals surface area contributed by atoms with Crippen LogP contribution in [0.25, 0.3) is 0 Å². The molecule has 1 aromatic carbocycles. The average Bonchev–Trinajstić information content (AvgIpc) is 2.52. The van der Waals surface area contributed by atoms with Crippen LogP contribution in [0.3, 0.4) is 0 Å². The molecule has 0 aliphatic rings. The fraction of sp³-hybridized carbons (Fsp3) is 0.500. The normalized spacial score (nSPS) is 14.7. The van der Waals surface area contributed by atoms with Gasteiger partial charge in [0.15, 0.2) is 0 Å². The van der Waals surface area contributed by atoms with Gasteiger partial charge in [-0.3, -0.25) is 9.59 Å². The van der Waals surface area contributed by atoms with E-state index in [0.717, 1.165) is 18.6 Å². The molecule has 2 N–H and O–H groups in total. The molecule has 0 radical (unpaired) electrons. The first-order valence-corrected chi connectivity index (χ1v) is 8.17. The van der Waals surface area contributed by atoms with Crippen LogP contribution in [0.1, 0.15) is 43.2 Å². The van der Waals surface area contributed by atoms with Gasteiger partial charge in [0.05, 0.1) is 17.4 Å². The largest absolute Gasteiger partial charge is 0.481 e. The number of aliphatic carboxylic acids is 2. The Hall–Kier alpha value is -1.47. The van der Waals surface area contributed by atoms with Gasteiger partial charge < -0.3 is 10.2 Å². The number of hydrogen-bond acceptors (Lipinski definition) is 2. The second-order valence-corrected chi connectivity index (χ2v) is 6.31. The highest BCUT2D eigenvalue weighted by Crippen LogP contribution is 2.32. The van der Waals surface area contributed by atoms with E-state index in [2.05, 4.69) is 0 Å². The number of hydrogen-bond donors (Lipinski definition) is 2. The molecule has 0 aromatic heterocycles. The van der Waals surface area contributed by atoms with E-state index >= 15 is 0 Å². The van der Waals surface area contributed by atoms with E-state index in [4.69, 9.17) is 33.4 Å². The first kappa shape index (κ1) is 23.5. The summed E-state index contributed by atoms with van der Waals surface area (Å²) in [6, 6.07) is 4.35. The molecule has 0 fully saturated rings. The topological polar surface area (TPSA) is 74.6 Å². The molecule has 142 valence electrons. The summed E-state index contributed by atoms with van der Waals surface area (Å²) in [6.07, 6.45) is -4.06. The van der Waals surface area contributed by atoms with E-state index in [1.807, 2.05) is 13.8 Å². The number of halogens is 5. The summed E-state index contributed by atoms with van der Waals surface area (Å²) in [5.41, 5.74) is -0.681. The van der Waals surface area contributed by atoms with E-state index in [1.165, 1.54) is 12.1 Å². The van der Waals surface area contributed by atoms with Gasteiger partial charge in [0.25, 0.3) is 0 Å². The van der Waals surface area contributed by atoms with Crippen molar-refractivity contribution in [1.29, 1.82) is 0 Å². The molecule has 4 nitrogen and oxygen atoms in total. The van der Waals surface area contributed by atoms with Gasteiger partial charge in [0.2, 0.25) is 0 Å². The van der Waals surface area contributed by atoms with E-state index in [0.29, 0.717) is 0 Å². The molecule has 0 amide bonds. The van der Waals surface area contributed by atoms with Crippen LogP contribution in [0, 0.1) is 5.92 Å². The monoisotopic (exact) mass is 402 g/mol. The molecule has 9 heteroatoms. The highest BCUT2D eigenvalue weighted by Gasteiger charge is 2.31. The highest BCUT2D eigenvalue weighted by molar-refractivity contribution is 6.29. The summed E-state index contributed by atoms with van der Waals surface area (Å²) >= 11 is 11.1. The molecule has 0 bridgehead atoms. The van der Waals surface area contributed by atoms with E-state index in [1.54, 1.807) is 0 Å². The molecule has 3 unspecified atom stereocenters. The van der Waals surface area contributed by atoms with Gasteiger partial charge >= 0.3 is 18.1 Å². The number of alkyl halides is 5. The van der Waals surface area contributed by atoms with Gasteiger partial charge in [0, 0.05) is 0 Å². The number of carboxylic acid groups (broad SMARTS) is 2. The lowest BCUT2D eigenvalue weighted by Gasteiger charge is -2.11. The molecule has 0 saturated heterocycles. The summed E-state index contributed by atoms with van der Waals surface area (Å²) in [7, 11) is 0. The van der Waals surface area contributed by atoms with Crippen LogP contribution in [0.5, 0.6) is 0 Å². The van der Waals surface area contributed by atoms with Crippen molar-refractivity contribution in [2.75, 3.05) is 0 Å². The van der Waals surface area contributed by atoms with Crippen molar-refractivity contribution in [3.05, 3.63) is 35.4 Å². The fourth-order valence-electron chi connectivity index (χ4n) is 1.63. The predicted octanol–water partition coefficient (Wildman–Crippen LogP) is 5.18. The molecule has 3 atom stereocenters. The predicted molar refractivity (Wildman–Crippen MR) is 89.0 cm³/mol. The lowest BCUT2D eigenvalue weighted by Crippen LogP contribution is -2.20. The highest BCUT2D eigenvalue weighted by atomic mass is 35.5. The van der Waals surface area contributed by atoms with Crippen LogP contribution >= 0.6 is 23.2 Å². The molecule has 0 aliphatic heterocycles. The Morgan fingerprint density at radius 1 is 1.20 bits per heavy atom. The maximum absolute atomic E-state index is 12.3. The second-order valence-electron chi connectivity index (χ2n) is 5.31. The van der Waals surface area contributed by atoms with Gasteiger partial charge in [-0.1, -0.05) is 38.5 Å². The Bertz CT molecular complexity index is 579. The summed E-state index contributed by atoms with van der Waals surface area (Å²) in [4.78, 5) is 20.5. The Kier molecular flexibility index (Phi) is 9.89. The minimum absolute atomic E-state index is 0.0594. The standard InChI is InChI=1S/C10H8ClF3O2.C6H11ClO2/c11-8(5-9(15)16)6-2-1-3-7(4-6)10(12,13)14;1-3-4(2)5(7)6(8)9/h1-4,8H,5H2,(H,15,16);4-5H,3H2,1-2H3,(H,8,9). The Balaban J connectivity index is 0.000000547. The van der Waals surface area contributed by atoms with Crippen molar-refractivity contribution in [1.82, 2.24) is 0 Å². The number of carboxylic acids is 2. The third-order valence-electron chi connectivity index (χ3n) is 3.31. The van der Waals surface area contributed by atoms with Crippen LogP contribution < -0.4 is 0 Å². The van der Waals surface area contributed by atoms with Gasteiger partial charge in [-0.25, -0.2) is 0 Å². The van der Waals surface area contributed by atoms with E-state index < -0.39 is 40.9 Å². The first-order valence-electron chi connectivity index (χ1n) is 7.30. The van der Waals surface area contributed by atoms with Crippen LogP contribution in [0.15, 0.2) is 24.3 Å². The summed E-state index contributed by atoms with van der Waals surface area (Å²) in [6.45, 7) is 3.74. The van der Waals surface area contributed by atoms with Gasteiger partial charge in [-0.2, -0.15) is 13.2 Å². The van der Waals surface area contributed by atoms with Crippen LogP contribution in [-0.4, -0.2) is 27.5 Å². The first-order chi connectivity index (χ1) is 11.4. The van der Waals surface area contributed by atoms with Crippen molar-refractivity contribution in [3.8, 4) is 0 Å². The zero-order chi connectivity index (χ0) is 19.8. The SMILES string of the molecule is CCC(C)C(Cl)C(=O)O.O=C(O)CC(Cl)c1cccc(C(F)(F)F)c1. The lowest BCUT2D eigenvalue weighted by molar-refractivity contribution is -0.138. The average molecular weight is 403 g/mol. The summed E-state index contributed by atoms with van der Waals surface area (Å²) < 4.78 is 37.0. The Labute approximate surface area is 153 Å². The van der Waals surface area contributed by atoms with E-state index in [-0.39, 0.29) is 11.5 Å². The summed E-state index contributed by atoms with van der Waals surface area (Å²) in [5, 5.41) is 15.1. The lowest BCUT2D eigenvalue weighted by atomic mass is 10.1. The minimum Gasteiger partial charge on any atom is -0.481 e. The fourth-order valence-corrected chi connectivity index (χ4v) is 2.08. The van der Waals surface area contributed by atoms with Crippen LogP contribution in [0.2, 0.25) is 0 Å². The van der Waals surface area contributed by atoms with E-state index in [9.17, 15) is 22.8 Å². The second kappa shape index (κ2) is 10.5. The summed E-state index contributed by atoms with van der Waals surface area (Å²) in [5.74, 6) is -2.02. The third kappa shape index (κ3) is 8.97. The zero-order valence-electron chi connectivity index (χ0n) is 13.6. The minimum atomic E-state index is -4.45. The van der Waals surface area contributed by atoms with Crippen LogP contribution in [0.4, 0.5) is 13.2 Å². The zero-order valence-corrected chi connectivity index (χ0v) is 15.1. The molecule has 1 aromatic rings.